The molecule has 0 unspecified atom stereocenters. The highest BCUT2D eigenvalue weighted by atomic mass is 35.5. The van der Waals surface area contributed by atoms with Crippen LogP contribution in [0.3, 0.4) is 0 Å². The molecular weight excluding hydrogens is 408 g/mol. The number of hydrogen-bond donors (Lipinski definition) is 4. The van der Waals surface area contributed by atoms with E-state index in [1.807, 2.05) is 0 Å². The molecular formula is C20H19ClN6O3. The number of esters is 1. The van der Waals surface area contributed by atoms with Crippen LogP contribution in [0.5, 0.6) is 0 Å². The highest BCUT2D eigenvalue weighted by Gasteiger charge is 2.13. The molecule has 0 aliphatic rings. The van der Waals surface area contributed by atoms with E-state index >= 15 is 0 Å². The van der Waals surface area contributed by atoms with E-state index in [0.29, 0.717) is 27.7 Å². The molecule has 30 heavy (non-hydrogen) atoms. The van der Waals surface area contributed by atoms with Crippen LogP contribution in [0.4, 0.5) is 23.0 Å². The van der Waals surface area contributed by atoms with Gasteiger partial charge in [-0.1, -0.05) is 29.8 Å². The standard InChI is InChI=1S/C20H19ClN6O3/c1-2-30-20(29)12-6-5-7-13(10-12)25-17-16(22)18(24-11-23-17)26-27-19(28)14-8-3-4-9-15(14)21/h3-11H,2,22H2,1H3,(H,27,28)(H2,23,24,25,26). The Labute approximate surface area is 177 Å². The lowest BCUT2D eigenvalue weighted by atomic mass is 10.2. The number of benzene rings is 2. The Morgan fingerprint density at radius 3 is 2.63 bits per heavy atom. The quantitative estimate of drug-likeness (QED) is 0.334. The van der Waals surface area contributed by atoms with Gasteiger partial charge in [0.25, 0.3) is 5.91 Å². The molecule has 1 heterocycles. The Morgan fingerprint density at radius 2 is 1.87 bits per heavy atom. The number of ether oxygens (including phenoxy) is 1. The predicted octanol–water partition coefficient (Wildman–Crippen LogP) is 3.39. The van der Waals surface area contributed by atoms with Crippen LogP contribution in [0, 0.1) is 0 Å². The van der Waals surface area contributed by atoms with Crippen LogP contribution < -0.4 is 21.9 Å². The van der Waals surface area contributed by atoms with Crippen molar-refractivity contribution in [2.45, 2.75) is 6.92 Å². The van der Waals surface area contributed by atoms with Gasteiger partial charge >= 0.3 is 5.97 Å². The molecule has 0 aliphatic heterocycles. The van der Waals surface area contributed by atoms with Crippen molar-refractivity contribution in [2.75, 3.05) is 23.1 Å². The Morgan fingerprint density at radius 1 is 1.10 bits per heavy atom. The molecule has 0 aliphatic carbocycles. The summed E-state index contributed by atoms with van der Waals surface area (Å²) in [6.45, 7) is 2.02. The van der Waals surface area contributed by atoms with Gasteiger partial charge in [-0.25, -0.2) is 14.8 Å². The number of nitrogens with two attached hydrogens (primary N) is 1. The monoisotopic (exact) mass is 426 g/mol. The van der Waals surface area contributed by atoms with Crippen molar-refractivity contribution < 1.29 is 14.3 Å². The van der Waals surface area contributed by atoms with Gasteiger partial charge in [0.15, 0.2) is 11.6 Å². The number of carbonyl (C=O) groups excluding carboxylic acids is 2. The first kappa shape index (κ1) is 20.9. The van der Waals surface area contributed by atoms with Gasteiger partial charge in [0.2, 0.25) is 0 Å². The zero-order valence-electron chi connectivity index (χ0n) is 16.0. The van der Waals surface area contributed by atoms with Crippen molar-refractivity contribution in [3.8, 4) is 0 Å². The molecule has 9 nitrogen and oxygen atoms in total. The van der Waals surface area contributed by atoms with E-state index < -0.39 is 11.9 Å². The van der Waals surface area contributed by atoms with Gasteiger partial charge in [-0.05, 0) is 37.3 Å². The number of halogens is 1. The highest BCUT2D eigenvalue weighted by Crippen LogP contribution is 2.26. The van der Waals surface area contributed by atoms with Crippen molar-refractivity contribution in [3.05, 3.63) is 71.0 Å². The fourth-order valence-corrected chi connectivity index (χ4v) is 2.72. The van der Waals surface area contributed by atoms with E-state index in [4.69, 9.17) is 22.1 Å². The third-order valence-electron chi connectivity index (χ3n) is 3.93. The molecule has 3 rings (SSSR count). The third-order valence-corrected chi connectivity index (χ3v) is 4.26. The lowest BCUT2D eigenvalue weighted by molar-refractivity contribution is 0.0526. The number of nitrogens with one attached hydrogen (secondary N) is 3. The van der Waals surface area contributed by atoms with E-state index in [1.54, 1.807) is 55.5 Å². The maximum absolute atomic E-state index is 12.3. The predicted molar refractivity (Wildman–Crippen MR) is 115 cm³/mol. The van der Waals surface area contributed by atoms with Crippen molar-refractivity contribution in [1.82, 2.24) is 15.4 Å². The number of nitrogens with zero attached hydrogens (tertiary/aromatic N) is 2. The molecule has 5 N–H and O–H groups in total. The summed E-state index contributed by atoms with van der Waals surface area (Å²) in [5.74, 6) is -0.397. The summed E-state index contributed by atoms with van der Waals surface area (Å²) in [5, 5.41) is 3.34. The normalized spacial score (nSPS) is 10.2. The first-order valence-corrected chi connectivity index (χ1v) is 9.33. The second kappa shape index (κ2) is 9.57. The molecule has 0 spiro atoms. The molecule has 1 amide bonds. The highest BCUT2D eigenvalue weighted by molar-refractivity contribution is 6.33. The fraction of sp³-hybridized carbons (Fsp3) is 0.100. The summed E-state index contributed by atoms with van der Waals surface area (Å²) in [5.41, 5.74) is 12.7. The van der Waals surface area contributed by atoms with E-state index in [-0.39, 0.29) is 18.1 Å². The van der Waals surface area contributed by atoms with Crippen LogP contribution in [0.1, 0.15) is 27.6 Å². The lowest BCUT2D eigenvalue weighted by Gasteiger charge is -2.14. The minimum Gasteiger partial charge on any atom is -0.462 e. The molecule has 1 aromatic heterocycles. The van der Waals surface area contributed by atoms with Crippen LogP contribution in [-0.4, -0.2) is 28.5 Å². The fourth-order valence-electron chi connectivity index (χ4n) is 2.50. The lowest BCUT2D eigenvalue weighted by Crippen LogP contribution is -2.30. The van der Waals surface area contributed by atoms with Gasteiger partial charge in [0.1, 0.15) is 12.0 Å². The number of rotatable bonds is 7. The van der Waals surface area contributed by atoms with Crippen LogP contribution in [0.15, 0.2) is 54.9 Å². The molecule has 2 aromatic carbocycles. The average molecular weight is 427 g/mol. The van der Waals surface area contributed by atoms with Crippen molar-refractivity contribution in [2.24, 2.45) is 0 Å². The molecule has 154 valence electrons. The third kappa shape index (κ3) is 4.95. The minimum atomic E-state index is -0.449. The van der Waals surface area contributed by atoms with Gasteiger partial charge < -0.3 is 15.8 Å². The van der Waals surface area contributed by atoms with E-state index in [2.05, 4.69) is 26.1 Å². The van der Waals surface area contributed by atoms with Crippen LogP contribution in [-0.2, 0) is 4.74 Å². The largest absolute Gasteiger partial charge is 0.462 e. The molecule has 0 bridgehead atoms. The second-order valence-corrected chi connectivity index (χ2v) is 6.38. The van der Waals surface area contributed by atoms with Gasteiger partial charge in [0.05, 0.1) is 22.8 Å². The van der Waals surface area contributed by atoms with Crippen LogP contribution in [0.2, 0.25) is 5.02 Å². The Kier molecular flexibility index (Phi) is 6.66. The summed E-state index contributed by atoms with van der Waals surface area (Å²) in [6.07, 6.45) is 1.28. The number of nitrogen functional groups attached to an aromatic ring is 1. The molecule has 0 radical (unpaired) electrons. The Bertz CT molecular complexity index is 1080. The number of amides is 1. The summed E-state index contributed by atoms with van der Waals surface area (Å²) < 4.78 is 5.00. The number of carbonyl (C=O) groups is 2. The smallest absolute Gasteiger partial charge is 0.338 e. The van der Waals surface area contributed by atoms with Gasteiger partial charge in [-0.15, -0.1) is 0 Å². The minimum absolute atomic E-state index is 0.165. The van der Waals surface area contributed by atoms with Crippen molar-refractivity contribution in [1.29, 1.82) is 0 Å². The van der Waals surface area contributed by atoms with E-state index in [9.17, 15) is 9.59 Å². The zero-order chi connectivity index (χ0) is 21.5. The first-order valence-electron chi connectivity index (χ1n) is 8.95. The van der Waals surface area contributed by atoms with Gasteiger partial charge in [-0.3, -0.25) is 15.6 Å². The Hall–Kier alpha value is -3.85. The van der Waals surface area contributed by atoms with Gasteiger partial charge in [0, 0.05) is 5.69 Å². The molecule has 0 saturated carbocycles. The van der Waals surface area contributed by atoms with E-state index in [1.165, 1.54) is 6.33 Å². The SMILES string of the molecule is CCOC(=O)c1cccc(Nc2ncnc(NNC(=O)c3ccccc3Cl)c2N)c1. The van der Waals surface area contributed by atoms with Crippen LogP contribution >= 0.6 is 11.6 Å². The first-order chi connectivity index (χ1) is 14.5. The zero-order valence-corrected chi connectivity index (χ0v) is 16.7. The molecule has 0 atom stereocenters. The average Bonchev–Trinajstić information content (AvgIpc) is 2.75. The topological polar surface area (TPSA) is 131 Å². The van der Waals surface area contributed by atoms with Crippen LogP contribution in [0.25, 0.3) is 0 Å². The summed E-state index contributed by atoms with van der Waals surface area (Å²) in [7, 11) is 0. The van der Waals surface area contributed by atoms with Crippen molar-refractivity contribution in [3.63, 3.8) is 0 Å². The maximum atomic E-state index is 12.3. The maximum Gasteiger partial charge on any atom is 0.338 e. The summed E-state index contributed by atoms with van der Waals surface area (Å²) >= 11 is 6.02. The number of hydrogen-bond acceptors (Lipinski definition) is 8. The number of aromatic nitrogens is 2. The molecule has 0 saturated heterocycles. The molecule has 10 heteroatoms. The number of hydrazine groups is 1. The van der Waals surface area contributed by atoms with Gasteiger partial charge in [-0.2, -0.15) is 0 Å². The molecule has 0 fully saturated rings. The summed E-state index contributed by atoms with van der Waals surface area (Å²) in [4.78, 5) is 32.3. The second-order valence-electron chi connectivity index (χ2n) is 5.97. The summed E-state index contributed by atoms with van der Waals surface area (Å²) in [6, 6.07) is 13.3. The molecule has 3 aromatic rings. The Balaban J connectivity index is 1.72. The van der Waals surface area contributed by atoms with E-state index in [0.717, 1.165) is 0 Å². The van der Waals surface area contributed by atoms with Crippen molar-refractivity contribution >= 4 is 46.5 Å². The number of anilines is 4.